The Kier molecular flexibility index (Phi) is 7.34. The number of amides is 2. The Morgan fingerprint density at radius 2 is 1.96 bits per heavy atom. The first-order valence-corrected chi connectivity index (χ1v) is 9.00. The van der Waals surface area contributed by atoms with E-state index in [1.165, 1.54) is 23.9 Å². The van der Waals surface area contributed by atoms with Crippen LogP contribution in [0.1, 0.15) is 6.92 Å². The summed E-state index contributed by atoms with van der Waals surface area (Å²) in [5.41, 5.74) is 0.716. The van der Waals surface area contributed by atoms with Gasteiger partial charge in [-0.25, -0.2) is 4.39 Å². The lowest BCUT2D eigenvalue weighted by atomic mass is 10.2. The van der Waals surface area contributed by atoms with Gasteiger partial charge in [0.25, 0.3) is 0 Å². The quantitative estimate of drug-likeness (QED) is 0.512. The maximum atomic E-state index is 13.1. The average Bonchev–Trinajstić information content (AvgIpc) is 3.02. The van der Waals surface area contributed by atoms with Crippen LogP contribution in [0, 0.1) is 5.82 Å². The lowest BCUT2D eigenvalue weighted by molar-refractivity contribution is -0.124. The molecule has 2 N–H and O–H groups in total. The van der Waals surface area contributed by atoms with Crippen LogP contribution < -0.4 is 10.6 Å². The third kappa shape index (κ3) is 5.41. The van der Waals surface area contributed by atoms with Crippen LogP contribution in [0.2, 0.25) is 0 Å². The Morgan fingerprint density at radius 3 is 2.62 bits per heavy atom. The summed E-state index contributed by atoms with van der Waals surface area (Å²) in [5.74, 6) is -0.188. The molecule has 0 unspecified atom stereocenters. The van der Waals surface area contributed by atoms with Gasteiger partial charge < -0.3 is 10.6 Å². The van der Waals surface area contributed by atoms with Gasteiger partial charge in [0.1, 0.15) is 5.82 Å². The lowest BCUT2D eigenvalue weighted by Gasteiger charge is -2.08. The summed E-state index contributed by atoms with van der Waals surface area (Å²) in [5, 5.41) is 13.9. The maximum absolute atomic E-state index is 13.1. The summed E-state index contributed by atoms with van der Waals surface area (Å²) in [6.45, 7) is 6.42. The molecule has 1 aromatic carbocycles. The monoisotopic (exact) mass is 377 g/mol. The minimum absolute atomic E-state index is 0.0621. The number of nitrogens with one attached hydrogen (secondary N) is 2. The van der Waals surface area contributed by atoms with Crippen LogP contribution in [0.3, 0.4) is 0 Å². The molecular formula is C17H20FN5O2S. The predicted molar refractivity (Wildman–Crippen MR) is 98.0 cm³/mol. The predicted octanol–water partition coefficient (Wildman–Crippen LogP) is 1.61. The van der Waals surface area contributed by atoms with Gasteiger partial charge in [-0.2, -0.15) is 0 Å². The van der Waals surface area contributed by atoms with Crippen molar-refractivity contribution in [1.29, 1.82) is 0 Å². The van der Waals surface area contributed by atoms with Crippen molar-refractivity contribution < 1.29 is 14.0 Å². The van der Waals surface area contributed by atoms with Crippen molar-refractivity contribution in [3.05, 3.63) is 42.7 Å². The first-order chi connectivity index (χ1) is 12.5. The number of benzene rings is 1. The molecular weight excluding hydrogens is 357 g/mol. The van der Waals surface area contributed by atoms with E-state index >= 15 is 0 Å². The molecule has 0 bridgehead atoms. The zero-order chi connectivity index (χ0) is 18.9. The Morgan fingerprint density at radius 1 is 1.23 bits per heavy atom. The number of thioether (sulfide) groups is 1. The molecule has 26 heavy (non-hydrogen) atoms. The summed E-state index contributed by atoms with van der Waals surface area (Å²) < 4.78 is 14.9. The second kappa shape index (κ2) is 9.71. The number of rotatable bonds is 9. The fourth-order valence-corrected chi connectivity index (χ4v) is 2.90. The van der Waals surface area contributed by atoms with E-state index in [1.807, 2.05) is 0 Å². The van der Waals surface area contributed by atoms with Crippen molar-refractivity contribution in [3.63, 3.8) is 0 Å². The molecule has 2 amide bonds. The third-order valence-corrected chi connectivity index (χ3v) is 4.25. The van der Waals surface area contributed by atoms with Gasteiger partial charge in [0.2, 0.25) is 11.8 Å². The van der Waals surface area contributed by atoms with E-state index in [1.54, 1.807) is 29.7 Å². The number of halogens is 1. The Bertz CT molecular complexity index is 776. The highest BCUT2D eigenvalue weighted by Gasteiger charge is 2.15. The van der Waals surface area contributed by atoms with Crippen molar-refractivity contribution in [3.8, 4) is 11.4 Å². The Labute approximate surface area is 155 Å². The highest BCUT2D eigenvalue weighted by atomic mass is 32.2. The van der Waals surface area contributed by atoms with Gasteiger partial charge in [-0.15, -0.1) is 16.8 Å². The molecule has 0 atom stereocenters. The number of carbonyl (C=O) groups is 2. The summed E-state index contributed by atoms with van der Waals surface area (Å²) >= 11 is 1.20. The van der Waals surface area contributed by atoms with Gasteiger partial charge in [-0.05, 0) is 31.2 Å². The van der Waals surface area contributed by atoms with E-state index in [2.05, 4.69) is 27.4 Å². The first-order valence-electron chi connectivity index (χ1n) is 8.01. The molecule has 2 aromatic rings. The largest absolute Gasteiger partial charge is 0.355 e. The topological polar surface area (TPSA) is 88.9 Å². The van der Waals surface area contributed by atoms with Crippen LogP contribution in [0.5, 0.6) is 0 Å². The molecule has 0 fully saturated rings. The van der Waals surface area contributed by atoms with Crippen molar-refractivity contribution in [2.45, 2.75) is 18.6 Å². The molecule has 1 aromatic heterocycles. The molecule has 0 aliphatic carbocycles. The molecule has 0 aliphatic heterocycles. The SMILES string of the molecule is C=CCn1c(SCC(=O)NCC(=O)NCC)nnc1-c1ccc(F)cc1. The summed E-state index contributed by atoms with van der Waals surface area (Å²) in [6, 6.07) is 5.94. The standard InChI is InChI=1S/C17H20FN5O2S/c1-3-9-23-16(12-5-7-13(18)8-6-12)21-22-17(23)26-11-15(25)20-10-14(24)19-4-2/h3,5-8H,1,4,9-11H2,2H3,(H,19,24)(H,20,25). The van der Waals surface area contributed by atoms with Crippen LogP contribution in [-0.2, 0) is 16.1 Å². The molecule has 0 aliphatic rings. The number of likely N-dealkylation sites (N-methyl/N-ethyl adjacent to an activating group) is 1. The summed E-state index contributed by atoms with van der Waals surface area (Å²) in [7, 11) is 0. The van der Waals surface area contributed by atoms with Crippen molar-refractivity contribution in [2.24, 2.45) is 0 Å². The van der Waals surface area contributed by atoms with Crippen LogP contribution in [0.4, 0.5) is 4.39 Å². The zero-order valence-corrected chi connectivity index (χ0v) is 15.2. The normalized spacial score (nSPS) is 10.4. The number of aromatic nitrogens is 3. The zero-order valence-electron chi connectivity index (χ0n) is 14.4. The lowest BCUT2D eigenvalue weighted by Crippen LogP contribution is -2.37. The van der Waals surface area contributed by atoms with E-state index in [9.17, 15) is 14.0 Å². The highest BCUT2D eigenvalue weighted by Crippen LogP contribution is 2.24. The second-order valence-corrected chi connectivity index (χ2v) is 6.17. The molecule has 9 heteroatoms. The van der Waals surface area contributed by atoms with Gasteiger partial charge in [0, 0.05) is 18.7 Å². The average molecular weight is 377 g/mol. The first kappa shape index (κ1) is 19.6. The van der Waals surface area contributed by atoms with Crippen LogP contribution >= 0.6 is 11.8 Å². The molecule has 0 spiro atoms. The molecule has 138 valence electrons. The third-order valence-electron chi connectivity index (χ3n) is 3.28. The minimum atomic E-state index is -0.332. The number of hydrogen-bond donors (Lipinski definition) is 2. The second-order valence-electron chi connectivity index (χ2n) is 5.23. The number of nitrogens with zero attached hydrogens (tertiary/aromatic N) is 3. The van der Waals surface area contributed by atoms with E-state index in [-0.39, 0.29) is 29.9 Å². The molecule has 0 saturated carbocycles. The van der Waals surface area contributed by atoms with Crippen molar-refractivity contribution in [1.82, 2.24) is 25.4 Å². The minimum Gasteiger partial charge on any atom is -0.355 e. The fraction of sp³-hybridized carbons (Fsp3) is 0.294. The van der Waals surface area contributed by atoms with Gasteiger partial charge in [0.15, 0.2) is 11.0 Å². The van der Waals surface area contributed by atoms with Gasteiger partial charge >= 0.3 is 0 Å². The van der Waals surface area contributed by atoms with Crippen molar-refractivity contribution >= 4 is 23.6 Å². The number of allylic oxidation sites excluding steroid dienone is 1. The Hall–Kier alpha value is -2.68. The maximum Gasteiger partial charge on any atom is 0.239 e. The van der Waals surface area contributed by atoms with E-state index < -0.39 is 0 Å². The summed E-state index contributed by atoms with van der Waals surface area (Å²) in [4.78, 5) is 23.2. The molecule has 7 nitrogen and oxygen atoms in total. The smallest absolute Gasteiger partial charge is 0.239 e. The van der Waals surface area contributed by atoms with Gasteiger partial charge in [0.05, 0.1) is 12.3 Å². The van der Waals surface area contributed by atoms with E-state index in [0.29, 0.717) is 29.6 Å². The van der Waals surface area contributed by atoms with Crippen LogP contribution in [-0.4, -0.2) is 45.4 Å². The van der Waals surface area contributed by atoms with Gasteiger partial charge in [-0.3, -0.25) is 14.2 Å². The summed E-state index contributed by atoms with van der Waals surface area (Å²) in [6.07, 6.45) is 1.69. The van der Waals surface area contributed by atoms with Crippen molar-refractivity contribution in [2.75, 3.05) is 18.8 Å². The molecule has 2 rings (SSSR count). The highest BCUT2D eigenvalue weighted by molar-refractivity contribution is 7.99. The van der Waals surface area contributed by atoms with Gasteiger partial charge in [-0.1, -0.05) is 17.8 Å². The molecule has 0 saturated heterocycles. The van der Waals surface area contributed by atoms with E-state index in [0.717, 1.165) is 0 Å². The molecule has 1 heterocycles. The van der Waals surface area contributed by atoms with Crippen LogP contribution in [0.15, 0.2) is 42.1 Å². The Balaban J connectivity index is 2.03. The van der Waals surface area contributed by atoms with E-state index in [4.69, 9.17) is 0 Å². The number of hydrogen-bond acceptors (Lipinski definition) is 5. The number of carbonyl (C=O) groups excluding carboxylic acids is 2. The fourth-order valence-electron chi connectivity index (χ4n) is 2.12. The molecule has 0 radical (unpaired) electrons. The van der Waals surface area contributed by atoms with Crippen LogP contribution in [0.25, 0.3) is 11.4 Å².